The SMILES string of the molecule is Cc1cc(CN(C)Cc2cc(-c3cccs3)on2)no1. The Labute approximate surface area is 120 Å². The van der Waals surface area contributed by atoms with Crippen LogP contribution in [0.1, 0.15) is 17.1 Å². The van der Waals surface area contributed by atoms with E-state index in [9.17, 15) is 0 Å². The van der Waals surface area contributed by atoms with E-state index in [1.54, 1.807) is 11.3 Å². The van der Waals surface area contributed by atoms with Gasteiger partial charge in [-0.25, -0.2) is 0 Å². The van der Waals surface area contributed by atoms with Gasteiger partial charge in [0.05, 0.1) is 16.3 Å². The Morgan fingerprint density at radius 1 is 1.15 bits per heavy atom. The summed E-state index contributed by atoms with van der Waals surface area (Å²) in [6.07, 6.45) is 0. The van der Waals surface area contributed by atoms with Crippen molar-refractivity contribution in [2.75, 3.05) is 7.05 Å². The molecule has 6 heteroatoms. The second-order valence-electron chi connectivity index (χ2n) is 4.76. The topological polar surface area (TPSA) is 55.3 Å². The van der Waals surface area contributed by atoms with Crippen molar-refractivity contribution >= 4 is 11.3 Å². The summed E-state index contributed by atoms with van der Waals surface area (Å²) in [6, 6.07) is 7.95. The van der Waals surface area contributed by atoms with Gasteiger partial charge in [-0.05, 0) is 25.4 Å². The highest BCUT2D eigenvalue weighted by atomic mass is 32.1. The van der Waals surface area contributed by atoms with Crippen LogP contribution in [0.3, 0.4) is 0 Å². The van der Waals surface area contributed by atoms with Crippen LogP contribution in [0.2, 0.25) is 0 Å². The highest BCUT2D eigenvalue weighted by Crippen LogP contribution is 2.25. The van der Waals surface area contributed by atoms with Gasteiger partial charge in [-0.15, -0.1) is 11.3 Å². The Balaban J connectivity index is 1.63. The van der Waals surface area contributed by atoms with Crippen LogP contribution in [0.5, 0.6) is 0 Å². The fraction of sp³-hybridized carbons (Fsp3) is 0.286. The van der Waals surface area contributed by atoms with E-state index in [1.807, 2.05) is 43.6 Å². The molecule has 0 aliphatic rings. The molecule has 0 spiro atoms. The van der Waals surface area contributed by atoms with Gasteiger partial charge in [0, 0.05) is 25.2 Å². The van der Waals surface area contributed by atoms with E-state index in [4.69, 9.17) is 9.05 Å². The first-order valence-electron chi connectivity index (χ1n) is 6.31. The van der Waals surface area contributed by atoms with E-state index in [0.29, 0.717) is 6.54 Å². The molecule has 0 N–H and O–H groups in total. The summed E-state index contributed by atoms with van der Waals surface area (Å²) < 4.78 is 10.4. The van der Waals surface area contributed by atoms with Gasteiger partial charge in [-0.1, -0.05) is 16.4 Å². The average Bonchev–Trinajstić information content (AvgIpc) is 3.10. The summed E-state index contributed by atoms with van der Waals surface area (Å²) in [5.41, 5.74) is 1.84. The molecule has 3 aromatic heterocycles. The fourth-order valence-corrected chi connectivity index (χ4v) is 2.70. The first kappa shape index (κ1) is 13.1. The minimum absolute atomic E-state index is 0.709. The Bertz CT molecular complexity index is 672. The van der Waals surface area contributed by atoms with Crippen LogP contribution in [0.15, 0.2) is 38.7 Å². The maximum Gasteiger partial charge on any atom is 0.177 e. The number of aryl methyl sites for hydroxylation is 1. The van der Waals surface area contributed by atoms with E-state index >= 15 is 0 Å². The molecule has 3 aromatic rings. The van der Waals surface area contributed by atoms with Gasteiger partial charge in [0.25, 0.3) is 0 Å². The Kier molecular flexibility index (Phi) is 3.66. The highest BCUT2D eigenvalue weighted by Gasteiger charge is 2.11. The summed E-state index contributed by atoms with van der Waals surface area (Å²) in [5.74, 6) is 1.65. The van der Waals surface area contributed by atoms with Crippen LogP contribution >= 0.6 is 11.3 Å². The van der Waals surface area contributed by atoms with Gasteiger partial charge in [0.1, 0.15) is 5.76 Å². The lowest BCUT2D eigenvalue weighted by Gasteiger charge is -2.12. The minimum atomic E-state index is 0.709. The molecule has 0 amide bonds. The van der Waals surface area contributed by atoms with Gasteiger partial charge in [-0.3, -0.25) is 4.90 Å². The number of hydrogen-bond donors (Lipinski definition) is 0. The Morgan fingerprint density at radius 3 is 2.55 bits per heavy atom. The lowest BCUT2D eigenvalue weighted by atomic mass is 10.3. The number of aromatic nitrogens is 2. The van der Waals surface area contributed by atoms with E-state index in [2.05, 4.69) is 15.2 Å². The monoisotopic (exact) mass is 289 g/mol. The molecule has 0 atom stereocenters. The van der Waals surface area contributed by atoms with Crippen molar-refractivity contribution in [3.8, 4) is 10.6 Å². The predicted octanol–water partition coefficient (Wildman–Crippen LogP) is 3.33. The van der Waals surface area contributed by atoms with Crippen molar-refractivity contribution in [2.24, 2.45) is 0 Å². The predicted molar refractivity (Wildman–Crippen MR) is 76.2 cm³/mol. The van der Waals surface area contributed by atoms with Crippen LogP contribution < -0.4 is 0 Å². The maximum atomic E-state index is 5.36. The molecule has 20 heavy (non-hydrogen) atoms. The highest BCUT2D eigenvalue weighted by molar-refractivity contribution is 7.13. The van der Waals surface area contributed by atoms with Crippen LogP contribution in [-0.4, -0.2) is 22.3 Å². The molecule has 3 rings (SSSR count). The summed E-state index contributed by atoms with van der Waals surface area (Å²) in [6.45, 7) is 3.32. The molecular weight excluding hydrogens is 274 g/mol. The lowest BCUT2D eigenvalue weighted by molar-refractivity contribution is 0.291. The van der Waals surface area contributed by atoms with Gasteiger partial charge in [-0.2, -0.15) is 0 Å². The molecule has 0 aromatic carbocycles. The largest absolute Gasteiger partial charge is 0.361 e. The number of thiophene rings is 1. The van der Waals surface area contributed by atoms with Crippen molar-refractivity contribution in [3.63, 3.8) is 0 Å². The average molecular weight is 289 g/mol. The fourth-order valence-electron chi connectivity index (χ4n) is 2.02. The van der Waals surface area contributed by atoms with E-state index < -0.39 is 0 Å². The third kappa shape index (κ3) is 2.97. The third-order valence-corrected chi connectivity index (χ3v) is 3.75. The molecule has 104 valence electrons. The van der Waals surface area contributed by atoms with Gasteiger partial charge >= 0.3 is 0 Å². The van der Waals surface area contributed by atoms with Crippen LogP contribution in [0.25, 0.3) is 10.6 Å². The smallest absolute Gasteiger partial charge is 0.177 e. The lowest BCUT2D eigenvalue weighted by Crippen LogP contribution is -2.17. The molecule has 0 saturated carbocycles. The first-order chi connectivity index (χ1) is 9.70. The molecule has 0 saturated heterocycles. The standard InChI is InChI=1S/C14H15N3O2S/c1-10-6-11(15-18-10)8-17(2)9-12-7-13(19-16-12)14-4-3-5-20-14/h3-7H,8-9H2,1-2H3. The molecule has 0 aliphatic heterocycles. The zero-order chi connectivity index (χ0) is 13.9. The molecule has 0 radical (unpaired) electrons. The Morgan fingerprint density at radius 2 is 1.90 bits per heavy atom. The van der Waals surface area contributed by atoms with Crippen molar-refractivity contribution in [1.29, 1.82) is 0 Å². The van der Waals surface area contributed by atoms with Crippen LogP contribution in [-0.2, 0) is 13.1 Å². The number of nitrogens with zero attached hydrogens (tertiary/aromatic N) is 3. The number of rotatable bonds is 5. The second kappa shape index (κ2) is 5.60. The van der Waals surface area contributed by atoms with Gasteiger partial charge in [0.2, 0.25) is 0 Å². The molecule has 3 heterocycles. The van der Waals surface area contributed by atoms with Crippen LogP contribution in [0.4, 0.5) is 0 Å². The third-order valence-electron chi connectivity index (χ3n) is 2.86. The molecular formula is C14H15N3O2S. The van der Waals surface area contributed by atoms with Crippen molar-refractivity contribution in [1.82, 2.24) is 15.2 Å². The normalized spacial score (nSPS) is 11.3. The van der Waals surface area contributed by atoms with Gasteiger partial charge in [0.15, 0.2) is 5.76 Å². The van der Waals surface area contributed by atoms with E-state index in [-0.39, 0.29) is 0 Å². The Hall–Kier alpha value is -1.92. The summed E-state index contributed by atoms with van der Waals surface area (Å²) in [5, 5.41) is 10.1. The molecule has 0 aliphatic carbocycles. The van der Waals surface area contributed by atoms with E-state index in [1.165, 1.54) is 0 Å². The quantitative estimate of drug-likeness (QED) is 0.721. The number of hydrogen-bond acceptors (Lipinski definition) is 6. The molecule has 5 nitrogen and oxygen atoms in total. The minimum Gasteiger partial charge on any atom is -0.361 e. The first-order valence-corrected chi connectivity index (χ1v) is 7.19. The summed E-state index contributed by atoms with van der Waals surface area (Å²) in [7, 11) is 2.02. The molecule has 0 unspecified atom stereocenters. The van der Waals surface area contributed by atoms with Gasteiger partial charge < -0.3 is 9.05 Å². The van der Waals surface area contributed by atoms with E-state index in [0.717, 1.165) is 34.3 Å². The van der Waals surface area contributed by atoms with Crippen molar-refractivity contribution in [3.05, 3.63) is 46.8 Å². The van der Waals surface area contributed by atoms with Crippen molar-refractivity contribution in [2.45, 2.75) is 20.0 Å². The van der Waals surface area contributed by atoms with Crippen molar-refractivity contribution < 1.29 is 9.05 Å². The molecule has 0 fully saturated rings. The zero-order valence-electron chi connectivity index (χ0n) is 11.4. The maximum absolute atomic E-state index is 5.36. The zero-order valence-corrected chi connectivity index (χ0v) is 12.2. The molecule has 0 bridgehead atoms. The second-order valence-corrected chi connectivity index (χ2v) is 5.71. The summed E-state index contributed by atoms with van der Waals surface area (Å²) >= 11 is 1.64. The summed E-state index contributed by atoms with van der Waals surface area (Å²) in [4.78, 5) is 3.21. The van der Waals surface area contributed by atoms with Crippen LogP contribution in [0, 0.1) is 6.92 Å².